The van der Waals surface area contributed by atoms with Crippen LogP contribution < -0.4 is 4.90 Å². The Morgan fingerprint density at radius 2 is 1.28 bits per heavy atom. The van der Waals surface area contributed by atoms with E-state index < -0.39 is 0 Å². The molecule has 7 aromatic rings. The second-order valence-electron chi connectivity index (χ2n) is 16.0. The number of allylic oxidation sites excluding steroid dienone is 1. The molecule has 60 heavy (non-hydrogen) atoms. The molecule has 0 spiro atoms. The summed E-state index contributed by atoms with van der Waals surface area (Å²) in [6, 6.07) is 64.3. The quantitative estimate of drug-likeness (QED) is 0.106. The molecule has 1 atom stereocenters. The molecular weight excluding hydrogens is 731 g/mol. The van der Waals surface area contributed by atoms with Crippen molar-refractivity contribution >= 4 is 36.0 Å². The molecule has 1 aliphatic carbocycles. The third-order valence-corrected chi connectivity index (χ3v) is 11.8. The van der Waals surface area contributed by atoms with Gasteiger partial charge in [-0.25, -0.2) is 9.98 Å². The van der Waals surface area contributed by atoms with Crippen LogP contribution >= 0.6 is 0 Å². The van der Waals surface area contributed by atoms with E-state index in [1.54, 1.807) is 0 Å². The van der Waals surface area contributed by atoms with E-state index in [1.807, 2.05) is 54.7 Å². The molecule has 0 fully saturated rings. The fourth-order valence-corrected chi connectivity index (χ4v) is 8.74. The molecule has 1 unspecified atom stereocenters. The number of hydrogen-bond acceptors (Lipinski definition) is 3. The monoisotopic (exact) mass is 777 g/mol. The minimum Gasteiger partial charge on any atom is -0.313 e. The summed E-state index contributed by atoms with van der Waals surface area (Å²) in [5.41, 5.74) is 16.2. The first-order valence-corrected chi connectivity index (χ1v) is 20.6. The number of dihydropyridines is 1. The molecular formula is C55H47N5. The van der Waals surface area contributed by atoms with Gasteiger partial charge in [-0.05, 0) is 94.1 Å². The molecule has 0 saturated heterocycles. The van der Waals surface area contributed by atoms with E-state index in [1.165, 1.54) is 44.6 Å². The summed E-state index contributed by atoms with van der Waals surface area (Å²) in [7, 11) is 0. The zero-order valence-corrected chi connectivity index (χ0v) is 34.3. The Morgan fingerprint density at radius 1 is 0.633 bits per heavy atom. The molecule has 292 valence electrons. The molecule has 1 aliphatic heterocycles. The summed E-state index contributed by atoms with van der Waals surface area (Å²) in [5.74, 6) is 1.14. The number of aliphatic imine (C=N–C) groups is 4. The third kappa shape index (κ3) is 7.46. The molecule has 0 aromatic heterocycles. The maximum Gasteiger partial charge on any atom is 0.161 e. The molecule has 2 aliphatic rings. The van der Waals surface area contributed by atoms with Gasteiger partial charge in [0, 0.05) is 45.7 Å². The standard InChI is InChI=1S/C55H47N5/c1-38-35-57-37-49(41-19-10-6-11-20-41)52(38)60(45-30-27-40(28-31-45)43-29-32-51-48(34-43)47-25-14-15-26-50(47)55(51,2)3)46-24-16-23-44(33-46)54(58-36-39-17-8-5-9-18-39)59-53(56-4)42-21-12-7-13-22-42/h5-35,49H,4,36-37H2,1-3H3. The van der Waals surface area contributed by atoms with Crippen molar-refractivity contribution in [1.29, 1.82) is 0 Å². The maximum absolute atomic E-state index is 5.12. The van der Waals surface area contributed by atoms with Gasteiger partial charge in [0.1, 0.15) is 0 Å². The minimum absolute atomic E-state index is 0.0315. The Balaban J connectivity index is 1.16. The van der Waals surface area contributed by atoms with Crippen molar-refractivity contribution in [1.82, 2.24) is 0 Å². The Bertz CT molecular complexity index is 2800. The van der Waals surface area contributed by atoms with Crippen LogP contribution in [0.25, 0.3) is 22.3 Å². The first kappa shape index (κ1) is 38.3. The highest BCUT2D eigenvalue weighted by Gasteiger charge is 2.35. The summed E-state index contributed by atoms with van der Waals surface area (Å²) in [5, 5.41) is 0. The van der Waals surface area contributed by atoms with Crippen molar-refractivity contribution in [2.45, 2.75) is 38.6 Å². The lowest BCUT2D eigenvalue weighted by Gasteiger charge is -2.35. The van der Waals surface area contributed by atoms with E-state index in [0.29, 0.717) is 24.8 Å². The minimum atomic E-state index is -0.0315. The van der Waals surface area contributed by atoms with Crippen molar-refractivity contribution in [3.8, 4) is 22.3 Å². The predicted octanol–water partition coefficient (Wildman–Crippen LogP) is 13.0. The lowest BCUT2D eigenvalue weighted by Crippen LogP contribution is -2.27. The summed E-state index contributed by atoms with van der Waals surface area (Å²) >= 11 is 0. The third-order valence-electron chi connectivity index (χ3n) is 11.8. The number of benzene rings is 7. The average Bonchev–Trinajstić information content (AvgIpc) is 3.53. The van der Waals surface area contributed by atoms with Gasteiger partial charge >= 0.3 is 0 Å². The molecule has 5 nitrogen and oxygen atoms in total. The Hall–Kier alpha value is -7.24. The van der Waals surface area contributed by atoms with Crippen molar-refractivity contribution in [3.05, 3.63) is 227 Å². The zero-order chi connectivity index (χ0) is 41.1. The van der Waals surface area contributed by atoms with Crippen molar-refractivity contribution in [2.75, 3.05) is 11.4 Å². The van der Waals surface area contributed by atoms with Gasteiger partial charge in [-0.2, -0.15) is 0 Å². The van der Waals surface area contributed by atoms with Crippen molar-refractivity contribution in [2.24, 2.45) is 20.0 Å². The average molecular weight is 778 g/mol. The van der Waals surface area contributed by atoms with E-state index in [2.05, 4.69) is 171 Å². The molecule has 0 radical (unpaired) electrons. The molecule has 0 bridgehead atoms. The van der Waals surface area contributed by atoms with Gasteiger partial charge in [-0.15, -0.1) is 0 Å². The molecule has 7 aromatic carbocycles. The lowest BCUT2D eigenvalue weighted by molar-refractivity contribution is 0.660. The molecule has 9 rings (SSSR count). The molecule has 5 heteroatoms. The van der Waals surface area contributed by atoms with E-state index >= 15 is 0 Å². The number of anilines is 2. The summed E-state index contributed by atoms with van der Waals surface area (Å²) < 4.78 is 0. The summed E-state index contributed by atoms with van der Waals surface area (Å²) in [6.45, 7) is 11.8. The van der Waals surface area contributed by atoms with Gasteiger partial charge in [0.15, 0.2) is 11.7 Å². The van der Waals surface area contributed by atoms with Gasteiger partial charge in [0.2, 0.25) is 0 Å². The fourth-order valence-electron chi connectivity index (χ4n) is 8.74. The van der Waals surface area contributed by atoms with Crippen LogP contribution in [0.1, 0.15) is 60.1 Å². The van der Waals surface area contributed by atoms with Crippen LogP contribution in [0.5, 0.6) is 0 Å². The van der Waals surface area contributed by atoms with E-state index in [9.17, 15) is 0 Å². The Morgan fingerprint density at radius 3 is 2.03 bits per heavy atom. The van der Waals surface area contributed by atoms with Crippen LogP contribution in [-0.2, 0) is 12.0 Å². The second-order valence-corrected chi connectivity index (χ2v) is 16.0. The lowest BCUT2D eigenvalue weighted by atomic mass is 9.82. The fraction of sp³-hybridized carbons (Fsp3) is 0.127. The van der Waals surface area contributed by atoms with Gasteiger partial charge in [-0.3, -0.25) is 9.98 Å². The highest BCUT2D eigenvalue weighted by molar-refractivity contribution is 6.13. The molecule has 0 N–H and O–H groups in total. The van der Waals surface area contributed by atoms with E-state index in [0.717, 1.165) is 33.6 Å². The zero-order valence-electron chi connectivity index (χ0n) is 34.3. The maximum atomic E-state index is 5.12. The highest BCUT2D eigenvalue weighted by Crippen LogP contribution is 2.49. The predicted molar refractivity (Wildman–Crippen MR) is 252 cm³/mol. The van der Waals surface area contributed by atoms with E-state index in [4.69, 9.17) is 15.0 Å². The molecule has 0 saturated carbocycles. The number of hydrogen-bond donors (Lipinski definition) is 0. The van der Waals surface area contributed by atoms with Crippen LogP contribution in [0.2, 0.25) is 0 Å². The number of rotatable bonds is 9. The summed E-state index contributed by atoms with van der Waals surface area (Å²) in [6.07, 6.45) is 2.02. The van der Waals surface area contributed by atoms with Gasteiger partial charge in [0.25, 0.3) is 0 Å². The largest absolute Gasteiger partial charge is 0.313 e. The number of nitrogens with zero attached hydrogens (tertiary/aromatic N) is 5. The first-order chi connectivity index (χ1) is 29.4. The molecule has 1 heterocycles. The Kier molecular flexibility index (Phi) is 10.6. The summed E-state index contributed by atoms with van der Waals surface area (Å²) in [4.78, 5) is 21.8. The highest BCUT2D eigenvalue weighted by atomic mass is 15.2. The Labute approximate surface area is 353 Å². The number of fused-ring (bicyclic) bond motifs is 3. The van der Waals surface area contributed by atoms with Crippen LogP contribution in [0.3, 0.4) is 0 Å². The normalized spacial score (nSPS) is 15.7. The van der Waals surface area contributed by atoms with Gasteiger partial charge in [-0.1, -0.05) is 166 Å². The second kappa shape index (κ2) is 16.6. The van der Waals surface area contributed by atoms with E-state index in [-0.39, 0.29) is 11.3 Å². The SMILES string of the molecule is C=NC(=NC(=NCc1ccccc1)c1cccc(N(C2=C(C)C=NCC2c2ccccc2)c2ccc(-c3ccc4c(c3)-c3ccccc3C4(C)C)cc2)c1)c1ccccc1. The van der Waals surface area contributed by atoms with Gasteiger partial charge < -0.3 is 4.90 Å². The van der Waals surface area contributed by atoms with Crippen LogP contribution in [-0.4, -0.2) is 31.1 Å². The van der Waals surface area contributed by atoms with Crippen LogP contribution in [0, 0.1) is 0 Å². The number of amidine groups is 2. The first-order valence-electron chi connectivity index (χ1n) is 20.6. The van der Waals surface area contributed by atoms with Crippen LogP contribution in [0.4, 0.5) is 11.4 Å². The topological polar surface area (TPSA) is 52.7 Å². The van der Waals surface area contributed by atoms with Crippen LogP contribution in [0.15, 0.2) is 213 Å². The van der Waals surface area contributed by atoms with Gasteiger partial charge in [0.05, 0.1) is 13.1 Å². The smallest absolute Gasteiger partial charge is 0.161 e. The van der Waals surface area contributed by atoms with Crippen molar-refractivity contribution in [3.63, 3.8) is 0 Å². The molecule has 0 amide bonds. The van der Waals surface area contributed by atoms with Crippen molar-refractivity contribution < 1.29 is 0 Å².